The molecule has 0 heteroatoms. The Hall–Kier alpha value is -2.08. The van der Waals surface area contributed by atoms with E-state index in [1.54, 1.807) is 0 Å². The zero-order valence-corrected chi connectivity index (χ0v) is 11.1. The van der Waals surface area contributed by atoms with Crippen LogP contribution in [0.3, 0.4) is 0 Å². The Labute approximate surface area is 113 Å². The lowest BCUT2D eigenvalue weighted by Crippen LogP contribution is -2.34. The standard InChI is InChI=1S/C19H16/c1-10-7-12(3)16-9-17-13(4)8-11(2)15-6-5-14(10)18(16)19(15)17/h5-6H,1-4,7-9H2. The maximum absolute atomic E-state index is 4.25. The van der Waals surface area contributed by atoms with Crippen LogP contribution in [0.2, 0.25) is 0 Å². The zero-order valence-electron chi connectivity index (χ0n) is 11.1. The highest BCUT2D eigenvalue weighted by atomic mass is 14.3. The molecule has 0 saturated heterocycles. The zero-order chi connectivity index (χ0) is 13.3. The van der Waals surface area contributed by atoms with E-state index in [2.05, 4.69) is 38.4 Å². The summed E-state index contributed by atoms with van der Waals surface area (Å²) in [4.78, 5) is 0. The van der Waals surface area contributed by atoms with Gasteiger partial charge in [-0.2, -0.15) is 0 Å². The third-order valence-corrected chi connectivity index (χ3v) is 4.63. The van der Waals surface area contributed by atoms with Gasteiger partial charge in [0.15, 0.2) is 0 Å². The van der Waals surface area contributed by atoms with Crippen LogP contribution in [0, 0.1) is 0 Å². The quantitative estimate of drug-likeness (QED) is 0.656. The molecule has 0 radical (unpaired) electrons. The highest BCUT2D eigenvalue weighted by molar-refractivity contribution is 5.94. The lowest BCUT2D eigenvalue weighted by Gasteiger charge is -2.19. The van der Waals surface area contributed by atoms with E-state index in [4.69, 9.17) is 0 Å². The molecule has 0 spiro atoms. The van der Waals surface area contributed by atoms with Crippen LogP contribution in [0.5, 0.6) is 0 Å². The van der Waals surface area contributed by atoms with Gasteiger partial charge in [0.05, 0.1) is 0 Å². The van der Waals surface area contributed by atoms with Gasteiger partial charge < -0.3 is 0 Å². The molecule has 0 aromatic heterocycles. The van der Waals surface area contributed by atoms with Crippen LogP contribution >= 0.6 is 0 Å². The second-order valence-electron chi connectivity index (χ2n) is 5.81. The molecule has 0 nitrogen and oxygen atoms in total. The Morgan fingerprint density at radius 1 is 0.579 bits per heavy atom. The van der Waals surface area contributed by atoms with Gasteiger partial charge in [-0.05, 0) is 74.3 Å². The van der Waals surface area contributed by atoms with Gasteiger partial charge in [0.1, 0.15) is 0 Å². The number of hydrogen-bond donors (Lipinski definition) is 0. The summed E-state index contributed by atoms with van der Waals surface area (Å²) < 4.78 is 0. The Kier molecular flexibility index (Phi) is 1.86. The first kappa shape index (κ1) is 10.8. The smallest absolute Gasteiger partial charge is 0.000772 e. The normalized spacial score (nSPS) is 20.2. The van der Waals surface area contributed by atoms with Gasteiger partial charge in [0.2, 0.25) is 0 Å². The van der Waals surface area contributed by atoms with Crippen LogP contribution in [0.1, 0.15) is 30.4 Å². The monoisotopic (exact) mass is 244 g/mol. The topological polar surface area (TPSA) is 0 Å². The van der Waals surface area contributed by atoms with Crippen molar-refractivity contribution in [3.05, 3.63) is 71.2 Å². The minimum absolute atomic E-state index is 0.905. The summed E-state index contributed by atoms with van der Waals surface area (Å²) in [6.45, 7) is 16.9. The Bertz CT molecular complexity index is 770. The maximum Gasteiger partial charge on any atom is -0.000772 e. The molecular weight excluding hydrogens is 228 g/mol. The third kappa shape index (κ3) is 1.19. The third-order valence-electron chi connectivity index (χ3n) is 4.63. The van der Waals surface area contributed by atoms with E-state index < -0.39 is 0 Å². The first-order valence-corrected chi connectivity index (χ1v) is 6.70. The maximum atomic E-state index is 4.25. The first-order valence-electron chi connectivity index (χ1n) is 6.70. The fourth-order valence-electron chi connectivity index (χ4n) is 3.69. The molecule has 19 heavy (non-hydrogen) atoms. The lowest BCUT2D eigenvalue weighted by molar-refractivity contribution is 1.23. The molecule has 0 heterocycles. The van der Waals surface area contributed by atoms with Crippen molar-refractivity contribution in [2.24, 2.45) is 0 Å². The number of rotatable bonds is 0. The molecule has 0 N–H and O–H groups in total. The second kappa shape index (κ2) is 3.27. The largest absolute Gasteiger partial charge is 0.0952 e. The van der Waals surface area contributed by atoms with Gasteiger partial charge in [-0.3, -0.25) is 0 Å². The Morgan fingerprint density at radius 2 is 1.00 bits per heavy atom. The molecule has 1 aromatic carbocycles. The molecule has 92 valence electrons. The van der Waals surface area contributed by atoms with Crippen molar-refractivity contribution in [1.29, 1.82) is 0 Å². The van der Waals surface area contributed by atoms with Gasteiger partial charge in [-0.15, -0.1) is 0 Å². The van der Waals surface area contributed by atoms with Crippen LogP contribution in [0.4, 0.5) is 0 Å². The van der Waals surface area contributed by atoms with E-state index >= 15 is 0 Å². The number of allylic oxidation sites excluding steroid dienone is 4. The SMILES string of the molecule is C=C1CC(=C)c2ccc3c4c2=C1CC=4C(=C)CC3=C. The van der Waals surface area contributed by atoms with E-state index in [9.17, 15) is 0 Å². The fourth-order valence-corrected chi connectivity index (χ4v) is 3.69. The highest BCUT2D eigenvalue weighted by Crippen LogP contribution is 2.39. The van der Waals surface area contributed by atoms with Crippen LogP contribution in [0.15, 0.2) is 49.6 Å². The summed E-state index contributed by atoms with van der Waals surface area (Å²) in [5, 5.41) is 2.74. The summed E-state index contributed by atoms with van der Waals surface area (Å²) in [5.74, 6) is 0. The predicted octanol–water partition coefficient (Wildman–Crippen LogP) is 3.34. The van der Waals surface area contributed by atoms with Gasteiger partial charge in [0, 0.05) is 0 Å². The average Bonchev–Trinajstić information content (AvgIpc) is 2.76. The Morgan fingerprint density at radius 3 is 1.42 bits per heavy atom. The fraction of sp³-hybridized carbons (Fsp3) is 0.158. The molecule has 0 aliphatic heterocycles. The molecule has 0 unspecified atom stereocenters. The van der Waals surface area contributed by atoms with Crippen LogP contribution in [-0.2, 0) is 0 Å². The van der Waals surface area contributed by atoms with Crippen molar-refractivity contribution in [3.63, 3.8) is 0 Å². The molecule has 0 amide bonds. The number of hydrogen-bond acceptors (Lipinski definition) is 0. The molecule has 0 atom stereocenters. The van der Waals surface area contributed by atoms with E-state index in [-0.39, 0.29) is 0 Å². The van der Waals surface area contributed by atoms with Crippen molar-refractivity contribution in [3.8, 4) is 0 Å². The molecule has 3 aliphatic rings. The Balaban J connectivity index is 2.30. The molecule has 0 bridgehead atoms. The molecule has 1 aromatic rings. The number of benzene rings is 1. The van der Waals surface area contributed by atoms with Gasteiger partial charge in [-0.25, -0.2) is 0 Å². The van der Waals surface area contributed by atoms with Crippen molar-refractivity contribution in [2.45, 2.75) is 19.3 Å². The van der Waals surface area contributed by atoms with Crippen molar-refractivity contribution < 1.29 is 0 Å². The predicted molar refractivity (Wildman–Crippen MR) is 82.7 cm³/mol. The van der Waals surface area contributed by atoms with E-state index in [0.717, 1.165) is 19.3 Å². The molecule has 4 rings (SSSR count). The van der Waals surface area contributed by atoms with Crippen LogP contribution in [0.25, 0.3) is 22.3 Å². The highest BCUT2D eigenvalue weighted by Gasteiger charge is 2.28. The van der Waals surface area contributed by atoms with Crippen molar-refractivity contribution >= 4 is 22.3 Å². The second-order valence-corrected chi connectivity index (χ2v) is 5.81. The van der Waals surface area contributed by atoms with Gasteiger partial charge >= 0.3 is 0 Å². The first-order chi connectivity index (χ1) is 9.08. The van der Waals surface area contributed by atoms with Crippen molar-refractivity contribution in [1.82, 2.24) is 0 Å². The lowest BCUT2D eigenvalue weighted by atomic mass is 9.85. The summed E-state index contributed by atoms with van der Waals surface area (Å²) in [6.07, 6.45) is 2.81. The molecule has 3 aliphatic carbocycles. The summed E-state index contributed by atoms with van der Waals surface area (Å²) in [6, 6.07) is 4.43. The van der Waals surface area contributed by atoms with Crippen LogP contribution < -0.4 is 10.4 Å². The summed E-state index contributed by atoms with van der Waals surface area (Å²) in [5.41, 5.74) is 10.3. The van der Waals surface area contributed by atoms with E-state index in [0.29, 0.717) is 0 Å². The van der Waals surface area contributed by atoms with E-state index in [1.165, 1.54) is 55.0 Å². The molecular formula is C19H16. The summed E-state index contributed by atoms with van der Waals surface area (Å²) >= 11 is 0. The minimum Gasteiger partial charge on any atom is -0.0952 e. The van der Waals surface area contributed by atoms with Crippen LogP contribution in [-0.4, -0.2) is 0 Å². The average molecular weight is 244 g/mol. The van der Waals surface area contributed by atoms with Gasteiger partial charge in [0.25, 0.3) is 0 Å². The summed E-state index contributed by atoms with van der Waals surface area (Å²) in [7, 11) is 0. The minimum atomic E-state index is 0.905. The molecule has 0 saturated carbocycles. The van der Waals surface area contributed by atoms with E-state index in [1.807, 2.05) is 0 Å². The molecule has 0 fully saturated rings. The van der Waals surface area contributed by atoms with Gasteiger partial charge in [-0.1, -0.05) is 38.4 Å². The van der Waals surface area contributed by atoms with Crippen molar-refractivity contribution in [2.75, 3.05) is 0 Å².